The van der Waals surface area contributed by atoms with Crippen molar-refractivity contribution in [1.82, 2.24) is 10.3 Å². The quantitative estimate of drug-likeness (QED) is 0.758. The minimum Gasteiger partial charge on any atom is -0.477 e. The maximum atomic E-state index is 8.91. The van der Waals surface area contributed by atoms with Crippen molar-refractivity contribution in [2.24, 2.45) is 0 Å². The smallest absolute Gasteiger partial charge is 0.217 e. The number of hydrogen-bond acceptors (Lipinski definition) is 4. The van der Waals surface area contributed by atoms with Gasteiger partial charge in [0.15, 0.2) is 0 Å². The van der Waals surface area contributed by atoms with E-state index in [1.807, 2.05) is 36.4 Å². The second kappa shape index (κ2) is 8.81. The van der Waals surface area contributed by atoms with E-state index in [1.165, 1.54) is 0 Å². The summed E-state index contributed by atoms with van der Waals surface area (Å²) in [6.07, 6.45) is 3.89. The highest BCUT2D eigenvalue weighted by molar-refractivity contribution is 5.32. The molecule has 2 rings (SSSR count). The van der Waals surface area contributed by atoms with Gasteiger partial charge in [0.2, 0.25) is 5.88 Å². The molecule has 0 unspecified atom stereocenters. The number of nitriles is 1. The van der Waals surface area contributed by atoms with Gasteiger partial charge in [-0.1, -0.05) is 31.5 Å². The highest BCUT2D eigenvalue weighted by atomic mass is 16.5. The Morgan fingerprint density at radius 3 is 2.95 bits per heavy atom. The Bertz CT molecular complexity index is 634. The van der Waals surface area contributed by atoms with Gasteiger partial charge in [0.1, 0.15) is 0 Å². The standard InChI is InChI=1S/C18H21N3O/c1-2-3-10-22-18-17(8-5-9-21-18)14-20-13-16-7-4-6-15(11-16)12-19/h4-9,11,20H,2-3,10,13-14H2,1H3. The lowest BCUT2D eigenvalue weighted by atomic mass is 10.1. The summed E-state index contributed by atoms with van der Waals surface area (Å²) < 4.78 is 5.72. The van der Waals surface area contributed by atoms with E-state index in [0.29, 0.717) is 31.1 Å². The zero-order valence-corrected chi connectivity index (χ0v) is 12.9. The van der Waals surface area contributed by atoms with Crippen molar-refractivity contribution >= 4 is 0 Å². The van der Waals surface area contributed by atoms with Gasteiger partial charge in [0, 0.05) is 24.8 Å². The number of aromatic nitrogens is 1. The molecule has 0 amide bonds. The molecule has 0 spiro atoms. The van der Waals surface area contributed by atoms with Crippen LogP contribution in [0.25, 0.3) is 0 Å². The molecule has 0 aliphatic rings. The molecular formula is C18H21N3O. The molecule has 1 aromatic carbocycles. The maximum Gasteiger partial charge on any atom is 0.217 e. The maximum absolute atomic E-state index is 8.91. The first-order valence-corrected chi connectivity index (χ1v) is 7.60. The summed E-state index contributed by atoms with van der Waals surface area (Å²) in [6.45, 7) is 4.23. The molecule has 2 aromatic rings. The minimum absolute atomic E-state index is 0.685. The Morgan fingerprint density at radius 2 is 2.14 bits per heavy atom. The third kappa shape index (κ3) is 4.87. The molecule has 0 aliphatic carbocycles. The number of benzene rings is 1. The molecular weight excluding hydrogens is 274 g/mol. The largest absolute Gasteiger partial charge is 0.477 e. The third-order valence-corrected chi connectivity index (χ3v) is 3.29. The summed E-state index contributed by atoms with van der Waals surface area (Å²) in [7, 11) is 0. The zero-order chi connectivity index (χ0) is 15.6. The Labute approximate surface area is 131 Å². The van der Waals surface area contributed by atoms with Gasteiger partial charge < -0.3 is 10.1 Å². The summed E-state index contributed by atoms with van der Waals surface area (Å²) >= 11 is 0. The second-order valence-electron chi connectivity index (χ2n) is 5.09. The summed E-state index contributed by atoms with van der Waals surface area (Å²) in [6, 6.07) is 13.7. The monoisotopic (exact) mass is 295 g/mol. The number of nitrogens with zero attached hydrogens (tertiary/aromatic N) is 2. The molecule has 1 heterocycles. The van der Waals surface area contributed by atoms with Gasteiger partial charge in [-0.2, -0.15) is 5.26 Å². The fourth-order valence-electron chi connectivity index (χ4n) is 2.09. The molecule has 0 fully saturated rings. The molecule has 4 heteroatoms. The van der Waals surface area contributed by atoms with E-state index >= 15 is 0 Å². The molecule has 0 atom stereocenters. The van der Waals surface area contributed by atoms with Gasteiger partial charge in [-0.3, -0.25) is 0 Å². The number of pyridine rings is 1. The van der Waals surface area contributed by atoms with Crippen LogP contribution in [0.4, 0.5) is 0 Å². The van der Waals surface area contributed by atoms with Crippen LogP contribution >= 0.6 is 0 Å². The molecule has 0 bridgehead atoms. The van der Waals surface area contributed by atoms with Crippen LogP contribution in [-0.4, -0.2) is 11.6 Å². The van der Waals surface area contributed by atoms with Crippen LogP contribution in [0.15, 0.2) is 42.6 Å². The number of hydrogen-bond donors (Lipinski definition) is 1. The van der Waals surface area contributed by atoms with E-state index in [-0.39, 0.29) is 0 Å². The van der Waals surface area contributed by atoms with E-state index in [0.717, 1.165) is 24.0 Å². The topological polar surface area (TPSA) is 57.9 Å². The van der Waals surface area contributed by atoms with Crippen molar-refractivity contribution in [3.63, 3.8) is 0 Å². The second-order valence-corrected chi connectivity index (χ2v) is 5.09. The van der Waals surface area contributed by atoms with Crippen molar-refractivity contribution in [2.45, 2.75) is 32.9 Å². The zero-order valence-electron chi connectivity index (χ0n) is 12.9. The fourth-order valence-corrected chi connectivity index (χ4v) is 2.09. The van der Waals surface area contributed by atoms with Gasteiger partial charge in [-0.25, -0.2) is 4.98 Å². The molecule has 22 heavy (non-hydrogen) atoms. The van der Waals surface area contributed by atoms with Crippen LogP contribution < -0.4 is 10.1 Å². The molecule has 0 radical (unpaired) electrons. The molecule has 0 saturated carbocycles. The van der Waals surface area contributed by atoms with Crippen LogP contribution in [-0.2, 0) is 13.1 Å². The van der Waals surface area contributed by atoms with E-state index in [4.69, 9.17) is 10.00 Å². The average Bonchev–Trinajstić information content (AvgIpc) is 2.57. The Balaban J connectivity index is 1.89. The highest BCUT2D eigenvalue weighted by Gasteiger charge is 2.04. The van der Waals surface area contributed by atoms with Gasteiger partial charge in [-0.05, 0) is 30.2 Å². The average molecular weight is 295 g/mol. The normalized spacial score (nSPS) is 10.2. The number of nitrogens with one attached hydrogen (secondary N) is 1. The molecule has 4 nitrogen and oxygen atoms in total. The first-order chi connectivity index (χ1) is 10.8. The number of rotatable bonds is 8. The van der Waals surface area contributed by atoms with Crippen LogP contribution in [0.5, 0.6) is 5.88 Å². The fraction of sp³-hybridized carbons (Fsp3) is 0.333. The van der Waals surface area contributed by atoms with Crippen LogP contribution in [0, 0.1) is 11.3 Å². The molecule has 1 N–H and O–H groups in total. The molecule has 0 aliphatic heterocycles. The predicted molar refractivity (Wildman–Crippen MR) is 86.3 cm³/mol. The van der Waals surface area contributed by atoms with E-state index in [2.05, 4.69) is 23.3 Å². The van der Waals surface area contributed by atoms with Crippen molar-refractivity contribution < 1.29 is 4.74 Å². The van der Waals surface area contributed by atoms with Gasteiger partial charge >= 0.3 is 0 Å². The Kier molecular flexibility index (Phi) is 6.40. The summed E-state index contributed by atoms with van der Waals surface area (Å²) in [4.78, 5) is 4.30. The van der Waals surface area contributed by atoms with E-state index in [9.17, 15) is 0 Å². The first-order valence-electron chi connectivity index (χ1n) is 7.60. The Morgan fingerprint density at radius 1 is 1.23 bits per heavy atom. The molecule has 1 aromatic heterocycles. The molecule has 114 valence electrons. The van der Waals surface area contributed by atoms with Crippen LogP contribution in [0.2, 0.25) is 0 Å². The van der Waals surface area contributed by atoms with Crippen LogP contribution in [0.3, 0.4) is 0 Å². The van der Waals surface area contributed by atoms with Gasteiger partial charge in [0.05, 0.1) is 18.2 Å². The number of ether oxygens (including phenoxy) is 1. The Hall–Kier alpha value is -2.38. The summed E-state index contributed by atoms with van der Waals surface area (Å²) in [5.74, 6) is 0.703. The lowest BCUT2D eigenvalue weighted by Crippen LogP contribution is -2.14. The molecule has 0 saturated heterocycles. The van der Waals surface area contributed by atoms with Gasteiger partial charge in [-0.15, -0.1) is 0 Å². The van der Waals surface area contributed by atoms with Crippen molar-refractivity contribution in [3.8, 4) is 11.9 Å². The summed E-state index contributed by atoms with van der Waals surface area (Å²) in [5, 5.41) is 12.3. The van der Waals surface area contributed by atoms with Crippen LogP contribution in [0.1, 0.15) is 36.5 Å². The number of unbranched alkanes of at least 4 members (excludes halogenated alkanes) is 1. The first kappa shape index (κ1) is 16.0. The van der Waals surface area contributed by atoms with E-state index in [1.54, 1.807) is 6.20 Å². The lowest BCUT2D eigenvalue weighted by Gasteiger charge is -2.11. The SMILES string of the molecule is CCCCOc1ncccc1CNCc1cccc(C#N)c1. The highest BCUT2D eigenvalue weighted by Crippen LogP contribution is 2.15. The lowest BCUT2D eigenvalue weighted by molar-refractivity contribution is 0.293. The van der Waals surface area contributed by atoms with Crippen molar-refractivity contribution in [3.05, 3.63) is 59.3 Å². The van der Waals surface area contributed by atoms with Gasteiger partial charge in [0.25, 0.3) is 0 Å². The van der Waals surface area contributed by atoms with E-state index < -0.39 is 0 Å². The predicted octanol–water partition coefficient (Wildman–Crippen LogP) is 3.42. The van der Waals surface area contributed by atoms with Crippen molar-refractivity contribution in [2.75, 3.05) is 6.61 Å². The summed E-state index contributed by atoms with van der Waals surface area (Å²) in [5.41, 5.74) is 2.83. The third-order valence-electron chi connectivity index (χ3n) is 3.29. The minimum atomic E-state index is 0.685. The van der Waals surface area contributed by atoms with Crippen molar-refractivity contribution in [1.29, 1.82) is 5.26 Å².